The van der Waals surface area contributed by atoms with E-state index in [1.807, 2.05) is 0 Å². The zero-order valence-corrected chi connectivity index (χ0v) is 19.1. The van der Waals surface area contributed by atoms with Gasteiger partial charge >= 0.3 is 11.9 Å². The van der Waals surface area contributed by atoms with Gasteiger partial charge in [-0.25, -0.2) is 18.6 Å². The van der Waals surface area contributed by atoms with Crippen molar-refractivity contribution < 1.29 is 28.2 Å². The first-order valence-electron chi connectivity index (χ1n) is 10.2. The molecule has 1 aromatic carbocycles. The van der Waals surface area contributed by atoms with Crippen LogP contribution >= 0.6 is 22.9 Å². The summed E-state index contributed by atoms with van der Waals surface area (Å²) in [4.78, 5) is 33.2. The van der Waals surface area contributed by atoms with Gasteiger partial charge in [-0.2, -0.15) is 0 Å². The summed E-state index contributed by atoms with van der Waals surface area (Å²) in [6.45, 7) is 0. The number of methoxy groups -OCH3 is 1. The van der Waals surface area contributed by atoms with Crippen LogP contribution in [0, 0.1) is 23.5 Å². The van der Waals surface area contributed by atoms with Crippen LogP contribution < -0.4 is 5.32 Å². The van der Waals surface area contributed by atoms with E-state index in [1.54, 1.807) is 11.6 Å². The van der Waals surface area contributed by atoms with Crippen LogP contribution in [0.15, 0.2) is 40.0 Å². The highest BCUT2D eigenvalue weighted by atomic mass is 35.5. The van der Waals surface area contributed by atoms with Crippen molar-refractivity contribution in [1.29, 1.82) is 0 Å². The molecular formula is C22H20ClF2N3O4S. The number of ether oxygens (including phenoxy) is 1. The summed E-state index contributed by atoms with van der Waals surface area (Å²) in [5, 5.41) is 14.4. The molecular weight excluding hydrogens is 476 g/mol. The maximum Gasteiger partial charge on any atom is 0.338 e. The lowest BCUT2D eigenvalue weighted by Crippen LogP contribution is -2.38. The van der Waals surface area contributed by atoms with Crippen molar-refractivity contribution >= 4 is 40.7 Å². The lowest BCUT2D eigenvalue weighted by Gasteiger charge is -2.34. The Morgan fingerprint density at radius 3 is 2.58 bits per heavy atom. The second-order valence-corrected chi connectivity index (χ2v) is 9.09. The number of amidine groups is 1. The number of rotatable bonds is 5. The molecule has 4 rings (SSSR count). The highest BCUT2D eigenvalue weighted by Gasteiger charge is 2.38. The second kappa shape index (κ2) is 9.56. The molecule has 2 aliphatic rings. The topological polar surface area (TPSA) is 101 Å². The highest BCUT2D eigenvalue weighted by molar-refractivity contribution is 7.11. The Labute approximate surface area is 197 Å². The number of carboxylic acids is 1. The van der Waals surface area contributed by atoms with Crippen molar-refractivity contribution in [2.75, 3.05) is 7.11 Å². The first-order chi connectivity index (χ1) is 15.8. The van der Waals surface area contributed by atoms with Gasteiger partial charge in [0.1, 0.15) is 6.04 Å². The third-order valence-corrected chi connectivity index (χ3v) is 7.12. The molecule has 0 radical (unpaired) electrons. The van der Waals surface area contributed by atoms with Crippen molar-refractivity contribution in [2.45, 2.75) is 31.7 Å². The molecule has 1 aliphatic carbocycles. The van der Waals surface area contributed by atoms with E-state index in [0.717, 1.165) is 6.07 Å². The summed E-state index contributed by atoms with van der Waals surface area (Å²) in [5.41, 5.74) is 0.754. The van der Waals surface area contributed by atoms with Gasteiger partial charge in [-0.3, -0.25) is 9.79 Å². The van der Waals surface area contributed by atoms with Gasteiger partial charge in [-0.1, -0.05) is 17.7 Å². The van der Waals surface area contributed by atoms with E-state index in [1.165, 1.54) is 24.5 Å². The molecule has 174 valence electrons. The molecule has 1 fully saturated rings. The van der Waals surface area contributed by atoms with Crippen molar-refractivity contribution in [3.8, 4) is 0 Å². The molecule has 2 aromatic rings. The number of esters is 1. The molecule has 0 spiro atoms. The van der Waals surface area contributed by atoms with Crippen LogP contribution in [0.25, 0.3) is 0 Å². The Morgan fingerprint density at radius 1 is 1.24 bits per heavy atom. The van der Waals surface area contributed by atoms with Gasteiger partial charge < -0.3 is 15.2 Å². The predicted molar refractivity (Wildman–Crippen MR) is 118 cm³/mol. The van der Waals surface area contributed by atoms with E-state index in [4.69, 9.17) is 16.3 Å². The molecule has 2 N–H and O–H groups in total. The maximum atomic E-state index is 14.3. The van der Waals surface area contributed by atoms with Gasteiger partial charge in [-0.05, 0) is 37.7 Å². The van der Waals surface area contributed by atoms with Gasteiger partial charge in [-0.15, -0.1) is 11.3 Å². The summed E-state index contributed by atoms with van der Waals surface area (Å²) < 4.78 is 33.1. The SMILES string of the molecule is COC(=O)C1=C([C@H]2CC[C@H](C(=O)O)CC2)NC(c2nccs2)=NC1c1ccc(F)c(F)c1Cl. The first-order valence-corrected chi connectivity index (χ1v) is 11.5. The number of halogens is 3. The molecule has 1 atom stereocenters. The number of hydrogen-bond acceptors (Lipinski definition) is 7. The number of aliphatic carboxylic acids is 1. The van der Waals surface area contributed by atoms with Crippen molar-refractivity contribution in [2.24, 2.45) is 16.8 Å². The van der Waals surface area contributed by atoms with Gasteiger partial charge in [0.05, 0.1) is 23.6 Å². The van der Waals surface area contributed by atoms with Crippen LogP contribution in [0.5, 0.6) is 0 Å². The maximum absolute atomic E-state index is 14.3. The molecule has 1 aliphatic heterocycles. The van der Waals surface area contributed by atoms with Gasteiger partial charge in [0.25, 0.3) is 0 Å². The number of nitrogens with zero attached hydrogens (tertiary/aromatic N) is 2. The molecule has 1 aromatic heterocycles. The zero-order chi connectivity index (χ0) is 23.7. The minimum atomic E-state index is -1.23. The normalized spacial score (nSPS) is 23.0. The lowest BCUT2D eigenvalue weighted by molar-refractivity contribution is -0.143. The van der Waals surface area contributed by atoms with Crippen LogP contribution in [-0.2, 0) is 14.3 Å². The lowest BCUT2D eigenvalue weighted by atomic mass is 9.78. The van der Waals surface area contributed by atoms with E-state index in [2.05, 4.69) is 15.3 Å². The molecule has 7 nitrogen and oxygen atoms in total. The predicted octanol–water partition coefficient (Wildman–Crippen LogP) is 4.48. The molecule has 33 heavy (non-hydrogen) atoms. The summed E-state index contributed by atoms with van der Waals surface area (Å²) >= 11 is 7.46. The highest BCUT2D eigenvalue weighted by Crippen LogP contribution is 2.42. The monoisotopic (exact) mass is 495 g/mol. The molecule has 1 unspecified atom stereocenters. The third kappa shape index (κ3) is 4.49. The second-order valence-electron chi connectivity index (χ2n) is 7.81. The largest absolute Gasteiger partial charge is 0.481 e. The molecule has 11 heteroatoms. The van der Waals surface area contributed by atoms with E-state index < -0.39 is 40.6 Å². The fraction of sp³-hybridized carbons (Fsp3) is 0.364. The average Bonchev–Trinajstić information content (AvgIpc) is 3.36. The van der Waals surface area contributed by atoms with Crippen molar-refractivity contribution in [1.82, 2.24) is 10.3 Å². The smallest absolute Gasteiger partial charge is 0.338 e. The van der Waals surface area contributed by atoms with Crippen molar-refractivity contribution in [3.63, 3.8) is 0 Å². The van der Waals surface area contributed by atoms with Crippen LogP contribution in [0.4, 0.5) is 8.78 Å². The van der Waals surface area contributed by atoms with Crippen LogP contribution in [0.1, 0.15) is 42.3 Å². The number of thiazole rings is 1. The van der Waals surface area contributed by atoms with E-state index in [-0.39, 0.29) is 17.1 Å². The minimum absolute atomic E-state index is 0.114. The summed E-state index contributed by atoms with van der Waals surface area (Å²) in [6, 6.07) is 1.16. The van der Waals surface area contributed by atoms with Crippen molar-refractivity contribution in [3.05, 3.63) is 62.2 Å². The average molecular weight is 496 g/mol. The molecule has 0 saturated heterocycles. The Kier molecular flexibility index (Phi) is 6.76. The summed E-state index contributed by atoms with van der Waals surface area (Å²) in [5.74, 6) is -4.15. The Morgan fingerprint density at radius 2 is 1.97 bits per heavy atom. The summed E-state index contributed by atoms with van der Waals surface area (Å²) in [6.07, 6.45) is 3.52. The minimum Gasteiger partial charge on any atom is -0.481 e. The van der Waals surface area contributed by atoms with E-state index >= 15 is 0 Å². The number of carboxylic acid groups (broad SMARTS) is 1. The quantitative estimate of drug-likeness (QED) is 0.468. The number of carbonyl (C=O) groups is 2. The zero-order valence-electron chi connectivity index (χ0n) is 17.5. The third-order valence-electron chi connectivity index (χ3n) is 5.96. The number of aliphatic imine (C=N–C) groups is 1. The van der Waals surface area contributed by atoms with Crippen LogP contribution in [0.3, 0.4) is 0 Å². The van der Waals surface area contributed by atoms with Crippen LogP contribution in [0.2, 0.25) is 5.02 Å². The fourth-order valence-electron chi connectivity index (χ4n) is 4.28. The molecule has 2 heterocycles. The number of hydrogen-bond donors (Lipinski definition) is 2. The Hall–Kier alpha value is -2.85. The van der Waals surface area contributed by atoms with Gasteiger partial charge in [0.2, 0.25) is 0 Å². The van der Waals surface area contributed by atoms with Gasteiger partial charge in [0, 0.05) is 22.8 Å². The summed E-state index contributed by atoms with van der Waals surface area (Å²) in [7, 11) is 1.22. The Balaban J connectivity index is 1.85. The number of benzene rings is 1. The number of nitrogens with one attached hydrogen (secondary N) is 1. The standard InChI is InChI=1S/C22H20ClF2N3O4S/c1-32-22(31)14-17(10-2-4-11(5-3-10)21(29)30)27-19(20-26-8-9-33-20)28-18(14)12-6-7-13(24)16(25)15(12)23/h6-11,18H,2-5H2,1H3,(H,27,28)(H,29,30)/t10-,11-,18?. The van der Waals surface area contributed by atoms with Gasteiger partial charge in [0.15, 0.2) is 22.5 Å². The number of allylic oxidation sites excluding steroid dienone is 1. The van der Waals surface area contributed by atoms with Crippen LogP contribution in [-0.4, -0.2) is 35.0 Å². The van der Waals surface area contributed by atoms with E-state index in [9.17, 15) is 23.5 Å². The number of carbonyl (C=O) groups excluding carboxylic acids is 1. The Bertz CT molecular complexity index is 1140. The first kappa shape index (κ1) is 23.3. The van der Waals surface area contributed by atoms with E-state index in [0.29, 0.717) is 42.2 Å². The molecule has 0 bridgehead atoms. The molecule has 1 saturated carbocycles. The number of aromatic nitrogens is 1. The molecule has 0 amide bonds. The fourth-order valence-corrected chi connectivity index (χ4v) is 5.12.